The highest BCUT2D eigenvalue weighted by Crippen LogP contribution is 2.11. The maximum Gasteiger partial charge on any atom is 0.251 e. The molecule has 6 nitrogen and oxygen atoms in total. The fourth-order valence-corrected chi connectivity index (χ4v) is 2.23. The van der Waals surface area contributed by atoms with Crippen LogP contribution in [0.25, 0.3) is 0 Å². The number of nitrogens with one attached hydrogen (secondary N) is 3. The van der Waals surface area contributed by atoms with Crippen molar-refractivity contribution < 1.29 is 14.3 Å². The van der Waals surface area contributed by atoms with Crippen LogP contribution in [-0.2, 0) is 4.79 Å². The van der Waals surface area contributed by atoms with Crippen molar-refractivity contribution in [2.45, 2.75) is 6.42 Å². The first kappa shape index (κ1) is 15.3. The summed E-state index contributed by atoms with van der Waals surface area (Å²) in [4.78, 5) is 23.6. The van der Waals surface area contributed by atoms with E-state index in [0.29, 0.717) is 24.4 Å². The molecule has 0 aromatic heterocycles. The van der Waals surface area contributed by atoms with Crippen LogP contribution in [-0.4, -0.2) is 45.1 Å². The molecule has 1 aliphatic heterocycles. The maximum atomic E-state index is 11.9. The highest BCUT2D eigenvalue weighted by molar-refractivity contribution is 5.94. The number of benzene rings is 1. The predicted octanol–water partition coefficient (Wildman–Crippen LogP) is 0.151. The number of hydrogen-bond donors (Lipinski definition) is 3. The number of ether oxygens (including phenoxy) is 1. The van der Waals surface area contributed by atoms with Gasteiger partial charge in [-0.1, -0.05) is 0 Å². The van der Waals surface area contributed by atoms with Crippen molar-refractivity contribution in [3.05, 3.63) is 29.8 Å². The first-order valence-corrected chi connectivity index (χ1v) is 7.11. The minimum atomic E-state index is -0.158. The minimum Gasteiger partial charge on any atom is -0.497 e. The second-order valence-corrected chi connectivity index (χ2v) is 4.97. The molecule has 6 heteroatoms. The van der Waals surface area contributed by atoms with Gasteiger partial charge in [0.15, 0.2) is 0 Å². The van der Waals surface area contributed by atoms with E-state index in [2.05, 4.69) is 16.0 Å². The van der Waals surface area contributed by atoms with Gasteiger partial charge in [-0.15, -0.1) is 0 Å². The second-order valence-electron chi connectivity index (χ2n) is 4.97. The first-order valence-electron chi connectivity index (χ1n) is 7.11. The van der Waals surface area contributed by atoms with Crippen molar-refractivity contribution in [3.8, 4) is 5.75 Å². The Hall–Kier alpha value is -2.08. The van der Waals surface area contributed by atoms with Gasteiger partial charge in [-0.2, -0.15) is 0 Å². The van der Waals surface area contributed by atoms with E-state index in [1.165, 1.54) is 0 Å². The average molecular weight is 291 g/mol. The zero-order chi connectivity index (χ0) is 15.1. The Morgan fingerprint density at radius 1 is 1.24 bits per heavy atom. The third-order valence-corrected chi connectivity index (χ3v) is 3.49. The number of carbonyl (C=O) groups is 2. The molecule has 1 fully saturated rings. The summed E-state index contributed by atoms with van der Waals surface area (Å²) in [6.45, 7) is 2.49. The van der Waals surface area contributed by atoms with Crippen molar-refractivity contribution >= 4 is 11.8 Å². The summed E-state index contributed by atoms with van der Waals surface area (Å²) in [6.07, 6.45) is 0.879. The van der Waals surface area contributed by atoms with Crippen LogP contribution < -0.4 is 20.7 Å². The zero-order valence-corrected chi connectivity index (χ0v) is 12.1. The molecule has 0 bridgehead atoms. The van der Waals surface area contributed by atoms with E-state index >= 15 is 0 Å². The van der Waals surface area contributed by atoms with Gasteiger partial charge in [-0.25, -0.2) is 0 Å². The lowest BCUT2D eigenvalue weighted by Gasteiger charge is -2.10. The largest absolute Gasteiger partial charge is 0.497 e. The van der Waals surface area contributed by atoms with E-state index < -0.39 is 0 Å². The summed E-state index contributed by atoms with van der Waals surface area (Å²) < 4.78 is 5.04. The first-order chi connectivity index (χ1) is 10.2. The summed E-state index contributed by atoms with van der Waals surface area (Å²) in [5, 5.41) is 8.76. The molecular weight excluding hydrogens is 270 g/mol. The van der Waals surface area contributed by atoms with E-state index in [4.69, 9.17) is 4.74 Å². The maximum absolute atomic E-state index is 11.9. The lowest BCUT2D eigenvalue weighted by Crippen LogP contribution is -2.38. The molecule has 1 unspecified atom stereocenters. The van der Waals surface area contributed by atoms with E-state index in [-0.39, 0.29) is 17.7 Å². The monoisotopic (exact) mass is 291 g/mol. The van der Waals surface area contributed by atoms with Crippen LogP contribution in [0.15, 0.2) is 24.3 Å². The molecule has 0 aliphatic carbocycles. The van der Waals surface area contributed by atoms with Crippen LogP contribution in [0, 0.1) is 5.92 Å². The Kier molecular flexibility index (Phi) is 5.57. The second kappa shape index (κ2) is 7.64. The van der Waals surface area contributed by atoms with Crippen LogP contribution in [0.2, 0.25) is 0 Å². The van der Waals surface area contributed by atoms with Crippen molar-refractivity contribution in [2.24, 2.45) is 5.92 Å². The molecule has 0 radical (unpaired) electrons. The number of methoxy groups -OCH3 is 1. The van der Waals surface area contributed by atoms with Gasteiger partial charge in [-0.3, -0.25) is 9.59 Å². The number of rotatable bonds is 6. The number of carbonyl (C=O) groups excluding carboxylic acids is 2. The molecule has 114 valence electrons. The Labute approximate surface area is 124 Å². The molecule has 1 atom stereocenters. The number of hydrogen-bond acceptors (Lipinski definition) is 4. The van der Waals surface area contributed by atoms with Crippen LogP contribution in [0.1, 0.15) is 16.8 Å². The lowest BCUT2D eigenvalue weighted by molar-refractivity contribution is -0.124. The molecule has 1 aromatic carbocycles. The molecule has 1 aromatic rings. The molecule has 2 rings (SSSR count). The van der Waals surface area contributed by atoms with E-state index in [0.717, 1.165) is 19.5 Å². The fraction of sp³-hybridized carbons (Fsp3) is 0.467. The highest BCUT2D eigenvalue weighted by atomic mass is 16.5. The van der Waals surface area contributed by atoms with Gasteiger partial charge < -0.3 is 20.7 Å². The highest BCUT2D eigenvalue weighted by Gasteiger charge is 2.21. The zero-order valence-electron chi connectivity index (χ0n) is 12.1. The van der Waals surface area contributed by atoms with Gasteiger partial charge in [0.2, 0.25) is 5.91 Å². The SMILES string of the molecule is COc1ccc(C(=O)NCCNC(=O)C2CCNC2)cc1. The average Bonchev–Trinajstić information content (AvgIpc) is 3.05. The molecule has 1 saturated heterocycles. The summed E-state index contributed by atoms with van der Waals surface area (Å²) >= 11 is 0. The van der Waals surface area contributed by atoms with Crippen molar-refractivity contribution in [2.75, 3.05) is 33.3 Å². The molecule has 0 saturated carbocycles. The summed E-state index contributed by atoms with van der Waals surface area (Å²) in [7, 11) is 1.58. The Balaban J connectivity index is 1.67. The Bertz CT molecular complexity index is 481. The summed E-state index contributed by atoms with van der Waals surface area (Å²) in [5.74, 6) is 0.666. The van der Waals surface area contributed by atoms with Crippen molar-refractivity contribution in [3.63, 3.8) is 0 Å². The quantitative estimate of drug-likeness (QED) is 0.652. The van der Waals surface area contributed by atoms with Gasteiger partial charge >= 0.3 is 0 Å². The molecule has 1 heterocycles. The van der Waals surface area contributed by atoms with E-state index in [9.17, 15) is 9.59 Å². The van der Waals surface area contributed by atoms with Gasteiger partial charge in [0.05, 0.1) is 13.0 Å². The van der Waals surface area contributed by atoms with Gasteiger partial charge in [0, 0.05) is 25.2 Å². The van der Waals surface area contributed by atoms with Crippen LogP contribution >= 0.6 is 0 Å². The summed E-state index contributed by atoms with van der Waals surface area (Å²) in [6, 6.07) is 6.89. The number of amides is 2. The molecule has 21 heavy (non-hydrogen) atoms. The summed E-state index contributed by atoms with van der Waals surface area (Å²) in [5.41, 5.74) is 0.571. The molecule has 2 amide bonds. The van der Waals surface area contributed by atoms with Crippen molar-refractivity contribution in [1.29, 1.82) is 0 Å². The molecule has 1 aliphatic rings. The molecule has 0 spiro atoms. The van der Waals surface area contributed by atoms with E-state index in [1.807, 2.05) is 0 Å². The van der Waals surface area contributed by atoms with Gasteiger partial charge in [0.25, 0.3) is 5.91 Å². The smallest absolute Gasteiger partial charge is 0.251 e. The molecule has 3 N–H and O–H groups in total. The normalized spacial score (nSPS) is 17.3. The van der Waals surface area contributed by atoms with Crippen LogP contribution in [0.3, 0.4) is 0 Å². The Morgan fingerprint density at radius 3 is 2.57 bits per heavy atom. The van der Waals surface area contributed by atoms with Crippen molar-refractivity contribution in [1.82, 2.24) is 16.0 Å². The van der Waals surface area contributed by atoms with Gasteiger partial charge in [0.1, 0.15) is 5.75 Å². The topological polar surface area (TPSA) is 79.5 Å². The molecular formula is C15H21N3O3. The third-order valence-electron chi connectivity index (χ3n) is 3.49. The standard InChI is InChI=1S/C15H21N3O3/c1-21-13-4-2-11(3-5-13)14(19)17-8-9-18-15(20)12-6-7-16-10-12/h2-5,12,16H,6-10H2,1H3,(H,17,19)(H,18,20). The predicted molar refractivity (Wildman–Crippen MR) is 79.3 cm³/mol. The Morgan fingerprint density at radius 2 is 1.95 bits per heavy atom. The van der Waals surface area contributed by atoms with Gasteiger partial charge in [-0.05, 0) is 37.2 Å². The third kappa shape index (κ3) is 4.46. The van der Waals surface area contributed by atoms with E-state index in [1.54, 1.807) is 31.4 Å². The van der Waals surface area contributed by atoms with Crippen LogP contribution in [0.4, 0.5) is 0 Å². The minimum absolute atomic E-state index is 0.0543. The van der Waals surface area contributed by atoms with Crippen LogP contribution in [0.5, 0.6) is 5.75 Å². The fourth-order valence-electron chi connectivity index (χ4n) is 2.23. The lowest BCUT2D eigenvalue weighted by atomic mass is 10.1.